The maximum Gasteiger partial charge on any atom is 0.0577 e. The van der Waals surface area contributed by atoms with Crippen molar-refractivity contribution in [3.63, 3.8) is 0 Å². The lowest BCUT2D eigenvalue weighted by atomic mass is 9.46. The number of hydrogen-bond donors (Lipinski definition) is 1. The van der Waals surface area contributed by atoms with Gasteiger partial charge in [0.2, 0.25) is 0 Å². The van der Waals surface area contributed by atoms with Gasteiger partial charge in [-0.3, -0.25) is 0 Å². The van der Waals surface area contributed by atoms with Crippen molar-refractivity contribution in [1.29, 1.82) is 0 Å². The molecule has 0 saturated heterocycles. The number of aliphatic hydroxyl groups is 1. The van der Waals surface area contributed by atoms with Gasteiger partial charge in [0.15, 0.2) is 0 Å². The molecule has 0 radical (unpaired) electrons. The fourth-order valence-electron chi connectivity index (χ4n) is 7.64. The summed E-state index contributed by atoms with van der Waals surface area (Å²) in [5, 5.41) is 10.2. The summed E-state index contributed by atoms with van der Waals surface area (Å²) in [6.45, 7) is 8.56. The number of allylic oxidation sites excluding steroid dienone is 5. The summed E-state index contributed by atoms with van der Waals surface area (Å²) in [5.41, 5.74) is 3.81. The van der Waals surface area contributed by atoms with Crippen molar-refractivity contribution in [2.75, 3.05) is 6.54 Å². The van der Waals surface area contributed by atoms with Crippen LogP contribution in [0.2, 0.25) is 0 Å². The van der Waals surface area contributed by atoms with Crippen LogP contribution >= 0.6 is 0 Å². The summed E-state index contributed by atoms with van der Waals surface area (Å²) >= 11 is 0. The molecule has 2 heteroatoms. The molecule has 0 aromatic rings. The van der Waals surface area contributed by atoms with Gasteiger partial charge in [0.25, 0.3) is 0 Å². The summed E-state index contributed by atoms with van der Waals surface area (Å²) in [4.78, 5) is 2.49. The number of nitrogens with zero attached hydrogens (tertiary/aromatic N) is 1. The van der Waals surface area contributed by atoms with Gasteiger partial charge >= 0.3 is 0 Å². The first kappa shape index (κ1) is 17.8. The van der Waals surface area contributed by atoms with Crippen LogP contribution in [-0.2, 0) is 0 Å². The lowest BCUT2D eigenvalue weighted by Gasteiger charge is -2.59. The van der Waals surface area contributed by atoms with Gasteiger partial charge in [-0.15, -0.1) is 0 Å². The predicted molar refractivity (Wildman–Crippen MR) is 111 cm³/mol. The first-order chi connectivity index (χ1) is 12.9. The third-order valence-corrected chi connectivity index (χ3v) is 9.07. The van der Waals surface area contributed by atoms with Crippen LogP contribution < -0.4 is 0 Å². The molecule has 0 unspecified atom stereocenters. The number of aliphatic hydroxyl groups excluding tert-OH is 1. The van der Waals surface area contributed by atoms with E-state index >= 15 is 0 Å². The Balaban J connectivity index is 1.48. The van der Waals surface area contributed by atoms with Crippen molar-refractivity contribution in [1.82, 2.24) is 4.90 Å². The molecule has 0 spiro atoms. The molecule has 1 heterocycles. The largest absolute Gasteiger partial charge is 0.393 e. The Morgan fingerprint density at radius 1 is 1.07 bits per heavy atom. The predicted octanol–water partition coefficient (Wildman–Crippen LogP) is 5.44. The van der Waals surface area contributed by atoms with Crippen molar-refractivity contribution < 1.29 is 5.11 Å². The molecule has 2 nitrogen and oxygen atoms in total. The molecule has 0 aromatic carbocycles. The molecule has 5 rings (SSSR count). The summed E-state index contributed by atoms with van der Waals surface area (Å²) < 4.78 is 0. The van der Waals surface area contributed by atoms with Gasteiger partial charge in [-0.05, 0) is 73.7 Å². The smallest absolute Gasteiger partial charge is 0.0577 e. The average Bonchev–Trinajstić information content (AvgIpc) is 3.01. The third-order valence-electron chi connectivity index (χ3n) is 9.07. The van der Waals surface area contributed by atoms with Gasteiger partial charge in [0, 0.05) is 23.9 Å². The fourth-order valence-corrected chi connectivity index (χ4v) is 7.64. The molecule has 7 atom stereocenters. The highest BCUT2D eigenvalue weighted by atomic mass is 16.3. The van der Waals surface area contributed by atoms with Crippen molar-refractivity contribution in [2.24, 2.45) is 34.5 Å². The van der Waals surface area contributed by atoms with E-state index in [1.807, 2.05) is 0 Å². The van der Waals surface area contributed by atoms with Gasteiger partial charge in [-0.25, -0.2) is 0 Å². The van der Waals surface area contributed by atoms with Crippen molar-refractivity contribution >= 4 is 0 Å². The molecule has 0 aromatic heterocycles. The molecule has 2 fully saturated rings. The minimum absolute atomic E-state index is 0.111. The van der Waals surface area contributed by atoms with Gasteiger partial charge in [0.1, 0.15) is 0 Å². The monoisotopic (exact) mass is 365 g/mol. The van der Waals surface area contributed by atoms with E-state index in [0.717, 1.165) is 37.1 Å². The Labute approximate surface area is 164 Å². The summed E-state index contributed by atoms with van der Waals surface area (Å²) in [6, 6.07) is 0. The van der Waals surface area contributed by atoms with Crippen LogP contribution in [0.15, 0.2) is 47.9 Å². The van der Waals surface area contributed by atoms with E-state index in [2.05, 4.69) is 62.3 Å². The van der Waals surface area contributed by atoms with Crippen LogP contribution in [0.4, 0.5) is 0 Å². The second kappa shape index (κ2) is 6.11. The maximum absolute atomic E-state index is 10.2. The molecule has 1 N–H and O–H groups in total. The lowest BCUT2D eigenvalue weighted by molar-refractivity contribution is -0.0522. The first-order valence-electron chi connectivity index (χ1n) is 11.1. The van der Waals surface area contributed by atoms with E-state index in [1.165, 1.54) is 25.7 Å². The van der Waals surface area contributed by atoms with E-state index < -0.39 is 0 Å². The first-order valence-corrected chi connectivity index (χ1v) is 11.1. The van der Waals surface area contributed by atoms with Crippen LogP contribution in [0.1, 0.15) is 59.3 Å². The maximum atomic E-state index is 10.2. The molecule has 27 heavy (non-hydrogen) atoms. The van der Waals surface area contributed by atoms with E-state index in [0.29, 0.717) is 16.7 Å². The second-order valence-electron chi connectivity index (χ2n) is 10.4. The minimum Gasteiger partial charge on any atom is -0.393 e. The van der Waals surface area contributed by atoms with Crippen LogP contribution in [-0.4, -0.2) is 22.7 Å². The summed E-state index contributed by atoms with van der Waals surface area (Å²) in [6.07, 6.45) is 20.9. The molecular weight excluding hydrogens is 330 g/mol. The Morgan fingerprint density at radius 3 is 2.67 bits per heavy atom. The van der Waals surface area contributed by atoms with E-state index in [9.17, 15) is 5.11 Å². The zero-order valence-corrected chi connectivity index (χ0v) is 17.2. The van der Waals surface area contributed by atoms with Crippen LogP contribution in [0.5, 0.6) is 0 Å². The number of rotatable bonds is 1. The highest BCUT2D eigenvalue weighted by Gasteiger charge is 2.58. The van der Waals surface area contributed by atoms with Gasteiger partial charge in [0.05, 0.1) is 6.10 Å². The second-order valence-corrected chi connectivity index (χ2v) is 10.4. The van der Waals surface area contributed by atoms with Crippen molar-refractivity contribution in [3.8, 4) is 0 Å². The van der Waals surface area contributed by atoms with Crippen LogP contribution in [0, 0.1) is 34.5 Å². The molecule has 5 aliphatic rings. The Kier molecular flexibility index (Phi) is 4.03. The highest BCUT2D eigenvalue weighted by Crippen LogP contribution is 2.66. The Bertz CT molecular complexity index is 745. The Morgan fingerprint density at radius 2 is 1.89 bits per heavy atom. The molecule has 2 saturated carbocycles. The SMILES string of the molecule is C[C@@H]1C=C2C[C@H](O)CC[C@]2(C)[C@H]2CC[C@]3(C)C(N4C=CC=CC4)=CC[C@H]3[C@H]12. The summed E-state index contributed by atoms with van der Waals surface area (Å²) in [7, 11) is 0. The number of hydrogen-bond acceptors (Lipinski definition) is 2. The van der Waals surface area contributed by atoms with Crippen LogP contribution in [0.3, 0.4) is 0 Å². The van der Waals surface area contributed by atoms with E-state index in [1.54, 1.807) is 11.3 Å². The van der Waals surface area contributed by atoms with Gasteiger partial charge in [-0.2, -0.15) is 0 Å². The quantitative estimate of drug-likeness (QED) is 0.626. The lowest BCUT2D eigenvalue weighted by Crippen LogP contribution is -2.53. The number of fused-ring (bicyclic) bond motifs is 5. The molecule has 0 amide bonds. The molecule has 1 aliphatic heterocycles. The summed E-state index contributed by atoms with van der Waals surface area (Å²) in [5.74, 6) is 2.98. The molecule has 4 aliphatic carbocycles. The highest BCUT2D eigenvalue weighted by molar-refractivity contribution is 5.32. The zero-order chi connectivity index (χ0) is 18.8. The van der Waals surface area contributed by atoms with Gasteiger partial charge < -0.3 is 10.0 Å². The standard InChI is InChI=1S/C25H35NO/c1-17-15-18-16-19(27)9-11-24(18,2)21-10-12-25(3)20(23(17)21)7-8-22(25)26-13-5-4-6-14-26/h4-6,8,13,15,17,19-21,23,27H,7,9-12,14,16H2,1-3H3/t17-,19-,20+,21+,23+,24+,25+/m1/s1. The van der Waals surface area contributed by atoms with Gasteiger partial charge in [-0.1, -0.05) is 50.6 Å². The van der Waals surface area contributed by atoms with Crippen molar-refractivity contribution in [3.05, 3.63) is 47.9 Å². The fraction of sp³-hybridized carbons (Fsp3) is 0.680. The van der Waals surface area contributed by atoms with Crippen molar-refractivity contribution in [2.45, 2.75) is 65.4 Å². The van der Waals surface area contributed by atoms with E-state index in [-0.39, 0.29) is 6.10 Å². The topological polar surface area (TPSA) is 23.5 Å². The minimum atomic E-state index is -0.111. The average molecular weight is 366 g/mol. The molecule has 0 bridgehead atoms. The Hall–Kier alpha value is -1.28. The van der Waals surface area contributed by atoms with Crippen LogP contribution in [0.25, 0.3) is 0 Å². The normalized spacial score (nSPS) is 48.4. The van der Waals surface area contributed by atoms with E-state index in [4.69, 9.17) is 0 Å². The zero-order valence-electron chi connectivity index (χ0n) is 17.2. The molecular formula is C25H35NO. The third kappa shape index (κ3) is 2.48. The molecule has 146 valence electrons.